The number of pyridine rings is 1. The SMILES string of the molecule is Cc1ccc2c(c1Br)CC(C)(C)N=C2c1cnc2c(F)cccc2c1. The van der Waals surface area contributed by atoms with E-state index in [-0.39, 0.29) is 11.4 Å². The van der Waals surface area contributed by atoms with Gasteiger partial charge >= 0.3 is 0 Å². The van der Waals surface area contributed by atoms with Crippen LogP contribution in [0.25, 0.3) is 10.9 Å². The molecule has 0 saturated carbocycles. The average Bonchev–Trinajstić information content (AvgIpc) is 2.57. The van der Waals surface area contributed by atoms with Crippen molar-refractivity contribution < 1.29 is 4.39 Å². The quantitative estimate of drug-likeness (QED) is 0.524. The van der Waals surface area contributed by atoms with Crippen molar-refractivity contribution in [2.45, 2.75) is 32.7 Å². The highest BCUT2D eigenvalue weighted by Gasteiger charge is 2.29. The van der Waals surface area contributed by atoms with Gasteiger partial charge in [-0.1, -0.05) is 40.2 Å². The van der Waals surface area contributed by atoms with Gasteiger partial charge in [-0.3, -0.25) is 9.98 Å². The topological polar surface area (TPSA) is 25.2 Å². The van der Waals surface area contributed by atoms with Gasteiger partial charge in [-0.05, 0) is 50.5 Å². The minimum atomic E-state index is -0.297. The molecule has 0 amide bonds. The van der Waals surface area contributed by atoms with Crippen LogP contribution in [0.2, 0.25) is 0 Å². The Labute approximate surface area is 155 Å². The van der Waals surface area contributed by atoms with Crippen LogP contribution in [0.5, 0.6) is 0 Å². The van der Waals surface area contributed by atoms with E-state index in [9.17, 15) is 4.39 Å². The summed E-state index contributed by atoms with van der Waals surface area (Å²) in [5.74, 6) is -0.297. The molecule has 25 heavy (non-hydrogen) atoms. The molecule has 4 heteroatoms. The highest BCUT2D eigenvalue weighted by Crippen LogP contribution is 2.35. The maximum absolute atomic E-state index is 13.9. The number of aliphatic imine (C=N–C) groups is 1. The molecule has 4 rings (SSSR count). The molecule has 1 aromatic heterocycles. The fourth-order valence-electron chi connectivity index (χ4n) is 3.44. The standard InChI is InChI=1S/C21H18BrFN2/c1-12-7-8-15-16(18(12)22)10-21(2,3)25-19(15)14-9-13-5-4-6-17(23)20(13)24-11-14/h4-9,11H,10H2,1-3H3. The molecule has 0 bridgehead atoms. The van der Waals surface area contributed by atoms with E-state index in [1.54, 1.807) is 12.3 Å². The Morgan fingerprint density at radius 1 is 1.16 bits per heavy atom. The van der Waals surface area contributed by atoms with Crippen molar-refractivity contribution in [2.75, 3.05) is 0 Å². The summed E-state index contributed by atoms with van der Waals surface area (Å²) in [6, 6.07) is 11.2. The van der Waals surface area contributed by atoms with Gasteiger partial charge in [-0.15, -0.1) is 0 Å². The van der Waals surface area contributed by atoms with Gasteiger partial charge in [0.05, 0.1) is 11.3 Å². The second-order valence-electron chi connectivity index (χ2n) is 7.21. The maximum Gasteiger partial charge on any atom is 0.149 e. The van der Waals surface area contributed by atoms with E-state index < -0.39 is 0 Å². The zero-order chi connectivity index (χ0) is 17.8. The molecule has 1 aliphatic heterocycles. The molecule has 0 unspecified atom stereocenters. The molecule has 0 atom stereocenters. The van der Waals surface area contributed by atoms with Gasteiger partial charge < -0.3 is 0 Å². The van der Waals surface area contributed by atoms with Crippen LogP contribution in [0.3, 0.4) is 0 Å². The zero-order valence-corrected chi connectivity index (χ0v) is 16.0. The van der Waals surface area contributed by atoms with Crippen molar-refractivity contribution in [2.24, 2.45) is 4.99 Å². The monoisotopic (exact) mass is 396 g/mol. The summed E-state index contributed by atoms with van der Waals surface area (Å²) in [6.07, 6.45) is 2.60. The van der Waals surface area contributed by atoms with Crippen LogP contribution in [-0.4, -0.2) is 16.2 Å². The van der Waals surface area contributed by atoms with E-state index in [0.717, 1.165) is 33.1 Å². The lowest BCUT2D eigenvalue weighted by molar-refractivity contribution is 0.512. The van der Waals surface area contributed by atoms with Crippen molar-refractivity contribution in [3.05, 3.63) is 75.1 Å². The summed E-state index contributed by atoms with van der Waals surface area (Å²) >= 11 is 3.75. The highest BCUT2D eigenvalue weighted by atomic mass is 79.9. The largest absolute Gasteiger partial charge is 0.278 e. The molecule has 0 radical (unpaired) electrons. The third-order valence-electron chi connectivity index (χ3n) is 4.65. The molecule has 3 aromatic rings. The Kier molecular flexibility index (Phi) is 3.76. The first-order valence-electron chi connectivity index (χ1n) is 8.28. The zero-order valence-electron chi connectivity index (χ0n) is 14.4. The number of aryl methyl sites for hydroxylation is 1. The third-order valence-corrected chi connectivity index (χ3v) is 5.75. The molecule has 0 saturated heterocycles. The van der Waals surface area contributed by atoms with E-state index >= 15 is 0 Å². The lowest BCUT2D eigenvalue weighted by Crippen LogP contribution is -2.30. The van der Waals surface area contributed by atoms with Crippen LogP contribution in [0.1, 0.15) is 36.1 Å². The molecule has 0 aliphatic carbocycles. The van der Waals surface area contributed by atoms with E-state index in [4.69, 9.17) is 4.99 Å². The number of nitrogens with zero attached hydrogens (tertiary/aromatic N) is 2. The number of benzene rings is 2. The predicted octanol–water partition coefficient (Wildman–Crippen LogP) is 5.62. The van der Waals surface area contributed by atoms with Crippen LogP contribution in [-0.2, 0) is 6.42 Å². The van der Waals surface area contributed by atoms with E-state index in [1.807, 2.05) is 12.1 Å². The smallest absolute Gasteiger partial charge is 0.149 e. The lowest BCUT2D eigenvalue weighted by Gasteiger charge is -2.30. The fourth-order valence-corrected chi connectivity index (χ4v) is 3.93. The van der Waals surface area contributed by atoms with Gasteiger partial charge in [0.25, 0.3) is 0 Å². The average molecular weight is 397 g/mol. The molecule has 2 aromatic carbocycles. The van der Waals surface area contributed by atoms with Gasteiger partial charge in [0.2, 0.25) is 0 Å². The number of rotatable bonds is 1. The molecule has 0 fully saturated rings. The number of aromatic nitrogens is 1. The molecular weight excluding hydrogens is 379 g/mol. The van der Waals surface area contributed by atoms with Gasteiger partial charge in [0.15, 0.2) is 0 Å². The maximum atomic E-state index is 13.9. The number of halogens is 2. The van der Waals surface area contributed by atoms with E-state index in [1.165, 1.54) is 17.2 Å². The first-order valence-corrected chi connectivity index (χ1v) is 9.08. The molecule has 2 nitrogen and oxygen atoms in total. The van der Waals surface area contributed by atoms with E-state index in [0.29, 0.717) is 5.52 Å². The van der Waals surface area contributed by atoms with E-state index in [2.05, 4.69) is 53.8 Å². The van der Waals surface area contributed by atoms with Gasteiger partial charge in [0.1, 0.15) is 11.3 Å². The molecule has 0 spiro atoms. The van der Waals surface area contributed by atoms with Crippen molar-refractivity contribution in [1.29, 1.82) is 0 Å². The van der Waals surface area contributed by atoms with Crippen molar-refractivity contribution >= 4 is 32.5 Å². The Bertz CT molecular complexity index is 1040. The lowest BCUT2D eigenvalue weighted by atomic mass is 9.84. The molecular formula is C21H18BrFN2. The van der Waals surface area contributed by atoms with Crippen LogP contribution in [0, 0.1) is 12.7 Å². The van der Waals surface area contributed by atoms with Crippen molar-refractivity contribution in [1.82, 2.24) is 4.98 Å². The minimum Gasteiger partial charge on any atom is -0.278 e. The fraction of sp³-hybridized carbons (Fsp3) is 0.238. The number of fused-ring (bicyclic) bond motifs is 2. The summed E-state index contributed by atoms with van der Waals surface area (Å²) in [6.45, 7) is 6.38. The van der Waals surface area contributed by atoms with Gasteiger partial charge in [-0.2, -0.15) is 0 Å². The number of hydrogen-bond donors (Lipinski definition) is 0. The second-order valence-corrected chi connectivity index (χ2v) is 8.00. The highest BCUT2D eigenvalue weighted by molar-refractivity contribution is 9.10. The van der Waals surface area contributed by atoms with Crippen molar-refractivity contribution in [3.63, 3.8) is 0 Å². The van der Waals surface area contributed by atoms with Crippen LogP contribution in [0.15, 0.2) is 52.1 Å². The first kappa shape index (κ1) is 16.4. The molecule has 126 valence electrons. The van der Waals surface area contributed by atoms with Gasteiger partial charge in [-0.25, -0.2) is 4.39 Å². The summed E-state index contributed by atoms with van der Waals surface area (Å²) in [5, 5.41) is 0.788. The molecule has 2 heterocycles. The molecule has 0 N–H and O–H groups in total. The summed E-state index contributed by atoms with van der Waals surface area (Å²) in [7, 11) is 0. The predicted molar refractivity (Wildman–Crippen MR) is 104 cm³/mol. The van der Waals surface area contributed by atoms with Crippen molar-refractivity contribution in [3.8, 4) is 0 Å². The summed E-state index contributed by atoms with van der Waals surface area (Å²) in [5.41, 5.74) is 5.65. The Morgan fingerprint density at radius 3 is 2.76 bits per heavy atom. The van der Waals surface area contributed by atoms with Crippen LogP contribution >= 0.6 is 15.9 Å². The molecule has 1 aliphatic rings. The third kappa shape index (κ3) is 2.78. The van der Waals surface area contributed by atoms with Gasteiger partial charge in [0, 0.05) is 27.2 Å². The summed E-state index contributed by atoms with van der Waals surface area (Å²) in [4.78, 5) is 9.34. The van der Waals surface area contributed by atoms with Crippen LogP contribution in [0.4, 0.5) is 4.39 Å². The second kappa shape index (κ2) is 5.73. The number of para-hydroxylation sites is 1. The summed E-state index contributed by atoms with van der Waals surface area (Å²) < 4.78 is 15.1. The minimum absolute atomic E-state index is 0.199. The normalized spacial score (nSPS) is 15.8. The first-order chi connectivity index (χ1) is 11.9. The van der Waals surface area contributed by atoms with Crippen LogP contribution < -0.4 is 0 Å². The Morgan fingerprint density at radius 2 is 1.96 bits per heavy atom. The number of hydrogen-bond acceptors (Lipinski definition) is 2. The Hall–Kier alpha value is -2.07. The Balaban J connectivity index is 1.96.